The van der Waals surface area contributed by atoms with Gasteiger partial charge in [-0.1, -0.05) is 61.3 Å². The van der Waals surface area contributed by atoms with Crippen molar-refractivity contribution in [2.24, 2.45) is 17.8 Å². The maximum Gasteiger partial charge on any atom is 0.304 e. The molecule has 0 saturated carbocycles. The molecule has 6 atom stereocenters. The van der Waals surface area contributed by atoms with Gasteiger partial charge in [0.1, 0.15) is 0 Å². The molecule has 1 saturated heterocycles. The van der Waals surface area contributed by atoms with Gasteiger partial charge in [-0.05, 0) is 53.6 Å². The monoisotopic (exact) mass is 554 g/mol. The number of nitrogens with one attached hydrogen (secondary N) is 1. The number of amides is 1. The Hall–Kier alpha value is -2.13. The summed E-state index contributed by atoms with van der Waals surface area (Å²) in [6, 6.07) is 13.6. The Bertz CT molecular complexity index is 1210. The van der Waals surface area contributed by atoms with Crippen LogP contribution in [0.4, 0.5) is 0 Å². The number of halogens is 2. The third kappa shape index (κ3) is 6.59. The van der Waals surface area contributed by atoms with Crippen molar-refractivity contribution in [3.8, 4) is 0 Å². The minimum Gasteiger partial charge on any atom is -0.481 e. The zero-order chi connectivity index (χ0) is 26.8. The Kier molecular flexibility index (Phi) is 9.09. The van der Waals surface area contributed by atoms with Crippen molar-refractivity contribution in [2.45, 2.75) is 44.7 Å². The summed E-state index contributed by atoms with van der Waals surface area (Å²) in [6.45, 7) is 3.96. The van der Waals surface area contributed by atoms with Crippen LogP contribution in [0.25, 0.3) is 0 Å². The number of hydrogen-bond acceptors (Lipinski definition) is 4. The van der Waals surface area contributed by atoms with Gasteiger partial charge in [-0.3, -0.25) is 9.59 Å². The minimum atomic E-state index is -3.54. The lowest BCUT2D eigenvalue weighted by atomic mass is 9.70. The first-order chi connectivity index (χ1) is 16.8. The maximum atomic E-state index is 13.0. The molecule has 1 amide bonds. The Morgan fingerprint density at radius 1 is 1.14 bits per heavy atom. The third-order valence-corrected chi connectivity index (χ3v) is 9.13. The molecule has 0 radical (unpaired) electrons. The van der Waals surface area contributed by atoms with Gasteiger partial charge in [0.05, 0.1) is 18.7 Å². The second-order valence-corrected chi connectivity index (χ2v) is 12.6. The lowest BCUT2D eigenvalue weighted by Gasteiger charge is -2.44. The Balaban J connectivity index is 2.02. The van der Waals surface area contributed by atoms with Gasteiger partial charge in [0, 0.05) is 35.0 Å². The fourth-order valence-electron chi connectivity index (χ4n) is 5.23. The molecular weight excluding hydrogens is 523 g/mol. The number of hydrogen-bond donors (Lipinski definition) is 2. The fourth-order valence-corrected chi connectivity index (χ4v) is 6.28. The van der Waals surface area contributed by atoms with Crippen molar-refractivity contribution < 1.29 is 23.1 Å². The van der Waals surface area contributed by atoms with Crippen molar-refractivity contribution in [1.82, 2.24) is 9.62 Å². The second kappa shape index (κ2) is 11.5. The molecular formula is C26H32Cl2N2O5S. The summed E-state index contributed by atoms with van der Waals surface area (Å²) < 4.78 is 26.5. The number of piperidine rings is 1. The van der Waals surface area contributed by atoms with Crippen LogP contribution in [-0.4, -0.2) is 49.1 Å². The van der Waals surface area contributed by atoms with E-state index in [1.807, 2.05) is 44.2 Å². The molecule has 0 bridgehead atoms. The topological polar surface area (TPSA) is 104 Å². The van der Waals surface area contributed by atoms with E-state index >= 15 is 0 Å². The molecule has 10 heteroatoms. The Morgan fingerprint density at radius 3 is 2.33 bits per heavy atom. The van der Waals surface area contributed by atoms with Gasteiger partial charge in [0.25, 0.3) is 0 Å². The summed E-state index contributed by atoms with van der Waals surface area (Å²) in [6.07, 6.45) is 1.26. The highest BCUT2D eigenvalue weighted by Crippen LogP contribution is 2.42. The molecule has 0 spiro atoms. The molecule has 196 valence electrons. The highest BCUT2D eigenvalue weighted by atomic mass is 35.5. The van der Waals surface area contributed by atoms with Crippen molar-refractivity contribution in [2.75, 3.05) is 13.3 Å². The third-order valence-electron chi connectivity index (χ3n) is 7.37. The number of nitrogens with zero attached hydrogens (tertiary/aromatic N) is 1. The molecule has 1 aliphatic heterocycles. The molecule has 2 aromatic carbocycles. The van der Waals surface area contributed by atoms with E-state index in [1.165, 1.54) is 10.6 Å². The smallest absolute Gasteiger partial charge is 0.304 e. The summed E-state index contributed by atoms with van der Waals surface area (Å²) in [5.74, 6) is -2.62. The van der Waals surface area contributed by atoms with E-state index in [0.717, 1.165) is 11.1 Å². The van der Waals surface area contributed by atoms with Gasteiger partial charge < -0.3 is 10.4 Å². The molecule has 1 aliphatic rings. The molecule has 0 aromatic heterocycles. The highest BCUT2D eigenvalue weighted by Gasteiger charge is 2.43. The average molecular weight is 556 g/mol. The molecule has 7 nitrogen and oxygen atoms in total. The van der Waals surface area contributed by atoms with Gasteiger partial charge in [-0.2, -0.15) is 4.31 Å². The largest absolute Gasteiger partial charge is 0.481 e. The van der Waals surface area contributed by atoms with Crippen LogP contribution in [0.2, 0.25) is 10.0 Å². The lowest BCUT2D eigenvalue weighted by molar-refractivity contribution is -0.142. The Labute approximate surface area is 222 Å². The van der Waals surface area contributed by atoms with Crippen LogP contribution in [-0.2, 0) is 19.6 Å². The quantitative estimate of drug-likeness (QED) is 0.455. The molecule has 1 fully saturated rings. The first-order valence-electron chi connectivity index (χ1n) is 11.8. The van der Waals surface area contributed by atoms with Crippen LogP contribution >= 0.6 is 23.2 Å². The zero-order valence-electron chi connectivity index (χ0n) is 20.7. The highest BCUT2D eigenvalue weighted by molar-refractivity contribution is 7.88. The van der Waals surface area contributed by atoms with E-state index in [1.54, 1.807) is 25.2 Å². The number of rotatable bonds is 9. The number of benzene rings is 2. The van der Waals surface area contributed by atoms with Gasteiger partial charge >= 0.3 is 5.97 Å². The van der Waals surface area contributed by atoms with Crippen LogP contribution in [0.15, 0.2) is 48.5 Å². The van der Waals surface area contributed by atoms with E-state index in [-0.39, 0.29) is 36.1 Å². The minimum absolute atomic E-state index is 0.186. The van der Waals surface area contributed by atoms with Crippen molar-refractivity contribution >= 4 is 45.1 Å². The first kappa shape index (κ1) is 28.4. The molecule has 36 heavy (non-hydrogen) atoms. The first-order valence-corrected chi connectivity index (χ1v) is 14.4. The summed E-state index contributed by atoms with van der Waals surface area (Å²) in [5, 5.41) is 13.5. The summed E-state index contributed by atoms with van der Waals surface area (Å²) >= 11 is 12.4. The van der Waals surface area contributed by atoms with E-state index in [0.29, 0.717) is 16.5 Å². The molecule has 2 aromatic rings. The van der Waals surface area contributed by atoms with Crippen molar-refractivity contribution in [3.63, 3.8) is 0 Å². The number of aliphatic carboxylic acids is 1. The standard InChI is InChI=1S/C26H32Cl2N2O5S/c1-15(16(2)25(30(3)36(4,34)35)17-8-10-20(27)11-9-17)24-22(18-6-5-7-21(28)12-18)13-19(14-23(31)32)26(33)29-24/h5-12,15-16,19,22,24-25H,13-14H2,1-4H3,(H,29,33)(H,31,32)/t15?,16?,19-,22-,24+,25?/m1/s1. The summed E-state index contributed by atoms with van der Waals surface area (Å²) in [5.41, 5.74) is 1.69. The SMILES string of the molecule is CC(C(C)[C@@H]1NC(=O)[C@@H](CC(=O)O)C[C@@H]1c1cccc(Cl)c1)C(c1ccc(Cl)cc1)N(C)S(C)(=O)=O. The molecule has 0 aliphatic carbocycles. The summed E-state index contributed by atoms with van der Waals surface area (Å²) in [7, 11) is -1.99. The van der Waals surface area contributed by atoms with Gasteiger partial charge in [-0.25, -0.2) is 8.42 Å². The van der Waals surface area contributed by atoms with Crippen LogP contribution in [0.5, 0.6) is 0 Å². The van der Waals surface area contributed by atoms with Crippen molar-refractivity contribution in [3.05, 3.63) is 69.7 Å². The van der Waals surface area contributed by atoms with Crippen molar-refractivity contribution in [1.29, 1.82) is 0 Å². The normalized spacial score (nSPS) is 23.1. The number of carboxylic acid groups (broad SMARTS) is 1. The predicted molar refractivity (Wildman–Crippen MR) is 142 cm³/mol. The number of sulfonamides is 1. The molecule has 3 unspecified atom stereocenters. The zero-order valence-corrected chi connectivity index (χ0v) is 23.0. The predicted octanol–water partition coefficient (Wildman–Crippen LogP) is 4.96. The number of carboxylic acids is 1. The summed E-state index contributed by atoms with van der Waals surface area (Å²) in [4.78, 5) is 24.4. The van der Waals surface area contributed by atoms with Gasteiger partial charge in [-0.15, -0.1) is 0 Å². The van der Waals surface area contributed by atoms with E-state index in [9.17, 15) is 23.1 Å². The van der Waals surface area contributed by atoms with Gasteiger partial charge in [0.15, 0.2) is 0 Å². The molecule has 1 heterocycles. The van der Waals surface area contributed by atoms with E-state index in [2.05, 4.69) is 5.32 Å². The van der Waals surface area contributed by atoms with E-state index < -0.39 is 28.0 Å². The average Bonchev–Trinajstić information content (AvgIpc) is 2.80. The second-order valence-electron chi connectivity index (χ2n) is 9.72. The number of carbonyl (C=O) groups excluding carboxylic acids is 1. The Morgan fingerprint density at radius 2 is 1.78 bits per heavy atom. The van der Waals surface area contributed by atoms with Crippen LogP contribution in [0.3, 0.4) is 0 Å². The maximum absolute atomic E-state index is 13.0. The molecule has 3 rings (SSSR count). The fraction of sp³-hybridized carbons (Fsp3) is 0.462. The molecule has 2 N–H and O–H groups in total. The van der Waals surface area contributed by atoms with Crippen LogP contribution in [0, 0.1) is 17.8 Å². The lowest BCUT2D eigenvalue weighted by Crippen LogP contribution is -2.54. The van der Waals surface area contributed by atoms with E-state index in [4.69, 9.17) is 23.2 Å². The van der Waals surface area contributed by atoms with Crippen LogP contribution < -0.4 is 5.32 Å². The van der Waals surface area contributed by atoms with Crippen LogP contribution in [0.1, 0.15) is 49.8 Å². The van der Waals surface area contributed by atoms with Gasteiger partial charge in [0.2, 0.25) is 15.9 Å². The number of carbonyl (C=O) groups is 2.